The van der Waals surface area contributed by atoms with Crippen LogP contribution in [-0.2, 0) is 6.54 Å². The average molecular weight is 284 g/mol. The second kappa shape index (κ2) is 7.44. The number of methoxy groups -OCH3 is 1. The summed E-state index contributed by atoms with van der Waals surface area (Å²) >= 11 is 0. The van der Waals surface area contributed by atoms with Crippen molar-refractivity contribution in [1.82, 2.24) is 15.0 Å². The Bertz CT molecular complexity index is 627. The Morgan fingerprint density at radius 3 is 2.76 bits per heavy atom. The van der Waals surface area contributed by atoms with Gasteiger partial charge in [0.2, 0.25) is 0 Å². The van der Waals surface area contributed by atoms with Crippen LogP contribution >= 0.6 is 0 Å². The van der Waals surface area contributed by atoms with E-state index in [1.54, 1.807) is 7.11 Å². The van der Waals surface area contributed by atoms with Crippen LogP contribution in [0.15, 0.2) is 24.3 Å². The highest BCUT2D eigenvalue weighted by molar-refractivity contribution is 5.71. The minimum absolute atomic E-state index is 0.343. The zero-order valence-corrected chi connectivity index (χ0v) is 12.5. The first-order valence-corrected chi connectivity index (χ1v) is 7.28. The van der Waals surface area contributed by atoms with E-state index in [4.69, 9.17) is 4.74 Å². The second-order valence-electron chi connectivity index (χ2n) is 4.88. The van der Waals surface area contributed by atoms with Crippen molar-refractivity contribution >= 4 is 0 Å². The van der Waals surface area contributed by atoms with Gasteiger partial charge in [-0.2, -0.15) is 5.26 Å². The molecule has 0 aliphatic heterocycles. The van der Waals surface area contributed by atoms with Crippen LogP contribution < -0.4 is 4.74 Å². The number of ether oxygens (including phenoxy) is 1. The van der Waals surface area contributed by atoms with Crippen molar-refractivity contribution in [1.29, 1.82) is 5.26 Å². The molecule has 0 saturated heterocycles. The quantitative estimate of drug-likeness (QED) is 0.731. The maximum atomic E-state index is 9.26. The molecule has 1 aromatic carbocycles. The van der Waals surface area contributed by atoms with E-state index in [1.807, 2.05) is 28.9 Å². The number of para-hydroxylation sites is 1. The normalized spacial score (nSPS) is 10.3. The van der Waals surface area contributed by atoms with Gasteiger partial charge < -0.3 is 4.74 Å². The average Bonchev–Trinajstić information content (AvgIpc) is 2.94. The lowest BCUT2D eigenvalue weighted by Crippen LogP contribution is -2.04. The predicted molar refractivity (Wildman–Crippen MR) is 80.9 cm³/mol. The fraction of sp³-hybridized carbons (Fsp3) is 0.438. The fourth-order valence-electron chi connectivity index (χ4n) is 2.34. The van der Waals surface area contributed by atoms with E-state index < -0.39 is 0 Å². The summed E-state index contributed by atoms with van der Waals surface area (Å²) in [5, 5.41) is 17.4. The largest absolute Gasteiger partial charge is 0.496 e. The highest BCUT2D eigenvalue weighted by Crippen LogP contribution is 2.31. The Morgan fingerprint density at radius 1 is 1.24 bits per heavy atom. The molecule has 2 rings (SSSR count). The molecule has 2 aromatic rings. The number of benzene rings is 1. The first-order chi connectivity index (χ1) is 10.3. The van der Waals surface area contributed by atoms with Crippen molar-refractivity contribution in [3.63, 3.8) is 0 Å². The molecule has 0 fully saturated rings. The molecule has 110 valence electrons. The second-order valence-corrected chi connectivity index (χ2v) is 4.88. The number of rotatable bonds is 7. The van der Waals surface area contributed by atoms with Gasteiger partial charge in [0, 0.05) is 12.1 Å². The summed E-state index contributed by atoms with van der Waals surface area (Å²) in [4.78, 5) is 0. The first-order valence-electron chi connectivity index (χ1n) is 7.28. The van der Waals surface area contributed by atoms with Gasteiger partial charge in [-0.05, 0) is 18.6 Å². The lowest BCUT2D eigenvalue weighted by Gasteiger charge is -2.10. The first kappa shape index (κ1) is 15.0. The maximum absolute atomic E-state index is 9.26. The standard InChI is InChI=1S/C16H20N4O/c1-3-4-5-8-11-20-16(14(12-17)18-19-20)13-9-6-7-10-15(13)21-2/h6-7,9-10H,3-5,8,11H2,1-2H3. The van der Waals surface area contributed by atoms with Crippen molar-refractivity contribution < 1.29 is 4.74 Å². The van der Waals surface area contributed by atoms with Gasteiger partial charge in [-0.3, -0.25) is 0 Å². The number of hydrogen-bond donors (Lipinski definition) is 0. The molecule has 21 heavy (non-hydrogen) atoms. The summed E-state index contributed by atoms with van der Waals surface area (Å²) in [5.74, 6) is 0.728. The van der Waals surface area contributed by atoms with E-state index in [2.05, 4.69) is 23.3 Å². The molecule has 0 aliphatic carbocycles. The van der Waals surface area contributed by atoms with Gasteiger partial charge in [-0.1, -0.05) is 43.5 Å². The van der Waals surface area contributed by atoms with Gasteiger partial charge in [0.25, 0.3) is 0 Å². The van der Waals surface area contributed by atoms with Gasteiger partial charge in [0.05, 0.1) is 7.11 Å². The van der Waals surface area contributed by atoms with E-state index in [-0.39, 0.29) is 0 Å². The number of hydrogen-bond acceptors (Lipinski definition) is 4. The van der Waals surface area contributed by atoms with Gasteiger partial charge in [0.15, 0.2) is 5.69 Å². The highest BCUT2D eigenvalue weighted by Gasteiger charge is 2.17. The molecular formula is C16H20N4O. The summed E-state index contributed by atoms with van der Waals surface area (Å²) in [6.07, 6.45) is 4.60. The molecule has 0 atom stereocenters. The summed E-state index contributed by atoms with van der Waals surface area (Å²) in [6.45, 7) is 2.95. The van der Waals surface area contributed by atoms with Gasteiger partial charge in [-0.15, -0.1) is 5.10 Å². The van der Waals surface area contributed by atoms with Crippen LogP contribution in [-0.4, -0.2) is 22.1 Å². The summed E-state index contributed by atoms with van der Waals surface area (Å²) in [7, 11) is 1.63. The Kier molecular flexibility index (Phi) is 5.33. The van der Waals surface area contributed by atoms with Crippen LogP contribution in [0.1, 0.15) is 38.3 Å². The lowest BCUT2D eigenvalue weighted by atomic mass is 10.1. The summed E-state index contributed by atoms with van der Waals surface area (Å²) in [5.41, 5.74) is 1.94. The highest BCUT2D eigenvalue weighted by atomic mass is 16.5. The molecule has 0 aliphatic rings. The van der Waals surface area contributed by atoms with Crippen LogP contribution in [0.25, 0.3) is 11.3 Å². The molecule has 5 heteroatoms. The molecule has 0 radical (unpaired) electrons. The van der Waals surface area contributed by atoms with Crippen LogP contribution in [0.4, 0.5) is 0 Å². The molecule has 0 N–H and O–H groups in total. The molecule has 1 aromatic heterocycles. The number of aromatic nitrogens is 3. The molecule has 0 saturated carbocycles. The van der Waals surface area contributed by atoms with Crippen LogP contribution in [0.5, 0.6) is 5.75 Å². The van der Waals surface area contributed by atoms with Gasteiger partial charge in [0.1, 0.15) is 17.5 Å². The molecule has 0 unspecified atom stereocenters. The van der Waals surface area contributed by atoms with Crippen LogP contribution in [0.3, 0.4) is 0 Å². The van der Waals surface area contributed by atoms with E-state index in [0.717, 1.165) is 36.4 Å². The Balaban J connectivity index is 2.33. The van der Waals surface area contributed by atoms with E-state index in [9.17, 15) is 5.26 Å². The Morgan fingerprint density at radius 2 is 2.05 bits per heavy atom. The molecule has 0 amide bonds. The van der Waals surface area contributed by atoms with E-state index >= 15 is 0 Å². The monoisotopic (exact) mass is 284 g/mol. The number of nitriles is 1. The molecule has 5 nitrogen and oxygen atoms in total. The fourth-order valence-corrected chi connectivity index (χ4v) is 2.34. The van der Waals surface area contributed by atoms with Crippen molar-refractivity contribution in [3.8, 4) is 23.1 Å². The predicted octanol–water partition coefficient (Wildman–Crippen LogP) is 3.41. The topological polar surface area (TPSA) is 63.7 Å². The van der Waals surface area contributed by atoms with Gasteiger partial charge >= 0.3 is 0 Å². The zero-order chi connectivity index (χ0) is 15.1. The van der Waals surface area contributed by atoms with Crippen molar-refractivity contribution in [3.05, 3.63) is 30.0 Å². The third-order valence-corrected chi connectivity index (χ3v) is 3.43. The van der Waals surface area contributed by atoms with Crippen molar-refractivity contribution in [2.75, 3.05) is 7.11 Å². The van der Waals surface area contributed by atoms with Crippen LogP contribution in [0.2, 0.25) is 0 Å². The van der Waals surface area contributed by atoms with Crippen LogP contribution in [0, 0.1) is 11.3 Å². The van der Waals surface area contributed by atoms with Crippen molar-refractivity contribution in [2.45, 2.75) is 39.2 Å². The number of aryl methyl sites for hydroxylation is 1. The molecular weight excluding hydrogens is 264 g/mol. The minimum atomic E-state index is 0.343. The maximum Gasteiger partial charge on any atom is 0.190 e. The molecule has 1 heterocycles. The minimum Gasteiger partial charge on any atom is -0.496 e. The van der Waals surface area contributed by atoms with Gasteiger partial charge in [-0.25, -0.2) is 4.68 Å². The smallest absolute Gasteiger partial charge is 0.190 e. The van der Waals surface area contributed by atoms with E-state index in [0.29, 0.717) is 5.69 Å². The lowest BCUT2D eigenvalue weighted by molar-refractivity contribution is 0.415. The number of unbranched alkanes of at least 4 members (excludes halogenated alkanes) is 3. The SMILES string of the molecule is CCCCCCn1nnc(C#N)c1-c1ccccc1OC. The molecule has 0 bridgehead atoms. The Hall–Kier alpha value is -2.35. The summed E-state index contributed by atoms with van der Waals surface area (Å²) in [6, 6.07) is 9.76. The third kappa shape index (κ3) is 3.40. The zero-order valence-electron chi connectivity index (χ0n) is 12.5. The summed E-state index contributed by atoms with van der Waals surface area (Å²) < 4.78 is 7.20. The molecule has 0 spiro atoms. The number of nitrogens with zero attached hydrogens (tertiary/aromatic N) is 4. The Labute approximate surface area is 125 Å². The van der Waals surface area contributed by atoms with E-state index in [1.165, 1.54) is 12.8 Å². The third-order valence-electron chi connectivity index (χ3n) is 3.43. The van der Waals surface area contributed by atoms with Crippen molar-refractivity contribution in [2.24, 2.45) is 0 Å².